The summed E-state index contributed by atoms with van der Waals surface area (Å²) in [5, 5.41) is 14.1. The third kappa shape index (κ3) is 7.94. The lowest BCUT2D eigenvalue weighted by Gasteiger charge is -2.39. The Bertz CT molecular complexity index is 849. The Morgan fingerprint density at radius 2 is 1.58 bits per heavy atom. The molecule has 2 amide bonds. The van der Waals surface area contributed by atoms with Crippen LogP contribution in [0, 0.1) is 5.41 Å². The van der Waals surface area contributed by atoms with Gasteiger partial charge >= 0.3 is 12.2 Å². The van der Waals surface area contributed by atoms with Gasteiger partial charge in [0.15, 0.2) is 0 Å². The van der Waals surface area contributed by atoms with Gasteiger partial charge in [0.05, 0.1) is 5.54 Å². The van der Waals surface area contributed by atoms with Crippen molar-refractivity contribution in [2.75, 3.05) is 11.4 Å². The lowest BCUT2D eigenvalue weighted by Crippen LogP contribution is -2.49. The average molecular weight is 461 g/mol. The first-order chi connectivity index (χ1) is 15.2. The highest BCUT2D eigenvalue weighted by atomic mass is 16.6. The Morgan fingerprint density at radius 3 is 2.12 bits per heavy atom. The number of hydrogen-bond acceptors (Lipinski definition) is 5. The standard InChI is InChI=1S/C25H40N4O4/c1-8-29(20(26)27-21(30)32-23(2,3)4)19-14-12-13-18(17-19)25(15-10-9-11-16-25)28-22(31)33-24(5,6)7/h12-14,17H,8-11,15-16H2,1-7H3,(H,28,31)(H2,26,27,30). The topological polar surface area (TPSA) is 104 Å². The fraction of sp³-hybridized carbons (Fsp3) is 0.640. The lowest BCUT2D eigenvalue weighted by molar-refractivity contribution is 0.0419. The normalized spacial score (nSPS) is 15.8. The third-order valence-electron chi connectivity index (χ3n) is 5.36. The van der Waals surface area contributed by atoms with E-state index >= 15 is 0 Å². The number of guanidine groups is 1. The fourth-order valence-electron chi connectivity index (χ4n) is 4.05. The molecule has 1 fully saturated rings. The Balaban J connectivity index is 2.28. The van der Waals surface area contributed by atoms with Crippen LogP contribution in [0.1, 0.15) is 86.1 Å². The molecule has 0 radical (unpaired) electrons. The molecular formula is C25H40N4O4. The van der Waals surface area contributed by atoms with Gasteiger partial charge in [0.1, 0.15) is 11.2 Å². The van der Waals surface area contributed by atoms with Crippen molar-refractivity contribution < 1.29 is 19.1 Å². The molecule has 1 aromatic carbocycles. The molecule has 1 aromatic rings. The number of nitrogens with one attached hydrogen (secondary N) is 3. The zero-order valence-corrected chi connectivity index (χ0v) is 21.1. The van der Waals surface area contributed by atoms with Crippen molar-refractivity contribution in [1.82, 2.24) is 10.6 Å². The highest BCUT2D eigenvalue weighted by Crippen LogP contribution is 2.38. The zero-order valence-electron chi connectivity index (χ0n) is 21.1. The summed E-state index contributed by atoms with van der Waals surface area (Å²) >= 11 is 0. The van der Waals surface area contributed by atoms with Crippen LogP contribution in [0.2, 0.25) is 0 Å². The minimum atomic E-state index is -0.669. The van der Waals surface area contributed by atoms with Crippen molar-refractivity contribution in [3.63, 3.8) is 0 Å². The van der Waals surface area contributed by atoms with E-state index in [1.165, 1.54) is 0 Å². The van der Waals surface area contributed by atoms with Gasteiger partial charge in [-0.15, -0.1) is 0 Å². The van der Waals surface area contributed by atoms with Crippen molar-refractivity contribution in [2.24, 2.45) is 0 Å². The van der Waals surface area contributed by atoms with E-state index in [0.29, 0.717) is 6.54 Å². The summed E-state index contributed by atoms with van der Waals surface area (Å²) in [6, 6.07) is 7.80. The molecule has 8 heteroatoms. The molecule has 0 atom stereocenters. The van der Waals surface area contributed by atoms with Gasteiger partial charge in [-0.05, 0) is 79.0 Å². The van der Waals surface area contributed by atoms with E-state index in [-0.39, 0.29) is 5.96 Å². The smallest absolute Gasteiger partial charge is 0.414 e. The number of nitrogens with zero attached hydrogens (tertiary/aromatic N) is 1. The predicted molar refractivity (Wildman–Crippen MR) is 131 cm³/mol. The summed E-state index contributed by atoms with van der Waals surface area (Å²) in [5.41, 5.74) is -0.0387. The number of hydrogen-bond donors (Lipinski definition) is 3. The first-order valence-electron chi connectivity index (χ1n) is 11.7. The van der Waals surface area contributed by atoms with Gasteiger partial charge in [0, 0.05) is 12.2 Å². The largest absolute Gasteiger partial charge is 0.444 e. The van der Waals surface area contributed by atoms with Crippen LogP contribution in [-0.4, -0.2) is 35.9 Å². The highest BCUT2D eigenvalue weighted by Gasteiger charge is 2.37. The second-order valence-electron chi connectivity index (χ2n) is 10.5. The molecule has 0 unspecified atom stereocenters. The molecule has 0 aromatic heterocycles. The maximum Gasteiger partial charge on any atom is 0.414 e. The minimum Gasteiger partial charge on any atom is -0.444 e. The van der Waals surface area contributed by atoms with Gasteiger partial charge in [-0.25, -0.2) is 9.59 Å². The monoisotopic (exact) mass is 460 g/mol. The average Bonchev–Trinajstić information content (AvgIpc) is 2.66. The second-order valence-corrected chi connectivity index (χ2v) is 10.5. The summed E-state index contributed by atoms with van der Waals surface area (Å²) in [6.07, 6.45) is 3.67. The molecule has 1 aliphatic rings. The van der Waals surface area contributed by atoms with Gasteiger partial charge in [-0.1, -0.05) is 31.4 Å². The van der Waals surface area contributed by atoms with E-state index < -0.39 is 28.9 Å². The van der Waals surface area contributed by atoms with Crippen molar-refractivity contribution in [3.05, 3.63) is 29.8 Å². The number of alkyl carbamates (subject to hydrolysis) is 2. The van der Waals surface area contributed by atoms with Crippen LogP contribution in [0.15, 0.2) is 24.3 Å². The summed E-state index contributed by atoms with van der Waals surface area (Å²) < 4.78 is 10.8. The number of carbonyl (C=O) groups excluding carboxylic acids is 2. The van der Waals surface area contributed by atoms with Gasteiger partial charge < -0.3 is 19.7 Å². The summed E-state index contributed by atoms with van der Waals surface area (Å²) in [4.78, 5) is 26.5. The molecule has 0 aliphatic heterocycles. The Kier molecular flexibility index (Phi) is 8.38. The van der Waals surface area contributed by atoms with Crippen LogP contribution in [0.25, 0.3) is 0 Å². The van der Waals surface area contributed by atoms with E-state index in [0.717, 1.165) is 43.4 Å². The molecule has 0 spiro atoms. The molecule has 3 N–H and O–H groups in total. The first-order valence-corrected chi connectivity index (χ1v) is 11.7. The van der Waals surface area contributed by atoms with E-state index in [2.05, 4.69) is 10.6 Å². The number of anilines is 1. The quantitative estimate of drug-likeness (QED) is 0.397. The molecule has 184 valence electrons. The van der Waals surface area contributed by atoms with Crippen LogP contribution in [-0.2, 0) is 15.0 Å². The van der Waals surface area contributed by atoms with E-state index in [4.69, 9.17) is 14.9 Å². The summed E-state index contributed by atoms with van der Waals surface area (Å²) in [6.45, 7) is 13.3. The van der Waals surface area contributed by atoms with Crippen molar-refractivity contribution in [2.45, 2.75) is 97.3 Å². The molecule has 0 heterocycles. The van der Waals surface area contributed by atoms with Gasteiger partial charge in [-0.3, -0.25) is 10.7 Å². The Labute approximate surface area is 197 Å². The maximum atomic E-state index is 12.7. The lowest BCUT2D eigenvalue weighted by atomic mass is 9.76. The van der Waals surface area contributed by atoms with Crippen molar-refractivity contribution >= 4 is 23.8 Å². The van der Waals surface area contributed by atoms with Gasteiger partial charge in [-0.2, -0.15) is 0 Å². The number of ether oxygens (including phenoxy) is 2. The molecular weight excluding hydrogens is 420 g/mol. The molecule has 1 aliphatic carbocycles. The Morgan fingerprint density at radius 1 is 1.00 bits per heavy atom. The van der Waals surface area contributed by atoms with Crippen molar-refractivity contribution in [3.8, 4) is 0 Å². The molecule has 0 bridgehead atoms. The van der Waals surface area contributed by atoms with Crippen LogP contribution < -0.4 is 15.5 Å². The van der Waals surface area contributed by atoms with Crippen LogP contribution in [0.5, 0.6) is 0 Å². The SMILES string of the molecule is CCN(C(=N)NC(=O)OC(C)(C)C)c1cccc(C2(NC(=O)OC(C)(C)C)CCCCC2)c1. The van der Waals surface area contributed by atoms with E-state index in [1.807, 2.05) is 52.0 Å². The Hall–Kier alpha value is -2.77. The molecule has 8 nitrogen and oxygen atoms in total. The number of benzene rings is 1. The summed E-state index contributed by atoms with van der Waals surface area (Å²) in [5.74, 6) is -0.0679. The van der Waals surface area contributed by atoms with Crippen LogP contribution >= 0.6 is 0 Å². The van der Waals surface area contributed by atoms with Crippen LogP contribution in [0.4, 0.5) is 15.3 Å². The molecule has 1 saturated carbocycles. The van der Waals surface area contributed by atoms with Gasteiger partial charge in [0.25, 0.3) is 0 Å². The predicted octanol–water partition coefficient (Wildman–Crippen LogP) is 5.66. The van der Waals surface area contributed by atoms with E-state index in [1.54, 1.807) is 25.7 Å². The zero-order chi connectivity index (χ0) is 24.9. The number of amides is 2. The highest BCUT2D eigenvalue weighted by molar-refractivity contribution is 6.02. The molecule has 2 rings (SSSR count). The van der Waals surface area contributed by atoms with Crippen LogP contribution in [0.3, 0.4) is 0 Å². The third-order valence-corrected chi connectivity index (χ3v) is 5.36. The van der Waals surface area contributed by atoms with Crippen molar-refractivity contribution in [1.29, 1.82) is 5.41 Å². The minimum absolute atomic E-state index is 0.0679. The molecule has 33 heavy (non-hydrogen) atoms. The number of carbonyl (C=O) groups is 2. The maximum absolute atomic E-state index is 12.7. The molecule has 0 saturated heterocycles. The second kappa shape index (κ2) is 10.4. The number of rotatable bonds is 4. The van der Waals surface area contributed by atoms with E-state index in [9.17, 15) is 9.59 Å². The first kappa shape index (κ1) is 26.5. The fourth-order valence-corrected chi connectivity index (χ4v) is 4.05. The van der Waals surface area contributed by atoms with Gasteiger partial charge in [0.2, 0.25) is 5.96 Å². The summed E-state index contributed by atoms with van der Waals surface area (Å²) in [7, 11) is 0.